The fraction of sp³-hybridized carbons (Fsp3) is 0.444. The molecule has 0 spiro atoms. The summed E-state index contributed by atoms with van der Waals surface area (Å²) in [4.78, 5) is 16.3. The van der Waals surface area contributed by atoms with Crippen molar-refractivity contribution in [1.82, 2.24) is 10.3 Å². The predicted octanol–water partition coefficient (Wildman–Crippen LogP) is 2.39. The Balaban J connectivity index is 1.56. The molecule has 1 aliphatic carbocycles. The molecule has 5 heteroatoms. The van der Waals surface area contributed by atoms with E-state index in [0.717, 1.165) is 16.5 Å². The highest BCUT2D eigenvalue weighted by atomic mass is 16.5. The zero-order valence-corrected chi connectivity index (χ0v) is 13.5. The first-order valence-electron chi connectivity index (χ1n) is 7.88. The molecule has 0 radical (unpaired) electrons. The van der Waals surface area contributed by atoms with Gasteiger partial charge in [0.1, 0.15) is 12.4 Å². The van der Waals surface area contributed by atoms with Crippen LogP contribution in [-0.2, 0) is 4.79 Å². The van der Waals surface area contributed by atoms with Gasteiger partial charge in [-0.25, -0.2) is 4.98 Å². The summed E-state index contributed by atoms with van der Waals surface area (Å²) in [6.07, 6.45) is 1.74. The minimum absolute atomic E-state index is 0.0603. The third-order valence-corrected chi connectivity index (χ3v) is 5.29. The molecular weight excluding hydrogens is 292 g/mol. The van der Waals surface area contributed by atoms with E-state index in [1.807, 2.05) is 24.3 Å². The van der Waals surface area contributed by atoms with Crippen LogP contribution >= 0.6 is 0 Å². The summed E-state index contributed by atoms with van der Waals surface area (Å²) in [6.45, 7) is 4.74. The number of ether oxygens (including phenoxy) is 2. The Morgan fingerprint density at radius 3 is 2.83 bits per heavy atom. The smallest absolute Gasteiger partial charge is 0.224 e. The first kappa shape index (κ1) is 14.3. The van der Waals surface area contributed by atoms with Crippen molar-refractivity contribution in [2.24, 2.45) is 17.3 Å². The third kappa shape index (κ3) is 2.14. The molecule has 1 N–H and O–H groups in total. The van der Waals surface area contributed by atoms with Gasteiger partial charge in [0, 0.05) is 23.4 Å². The first-order chi connectivity index (χ1) is 11.0. The maximum Gasteiger partial charge on any atom is 0.224 e. The van der Waals surface area contributed by atoms with Crippen LogP contribution in [0.2, 0.25) is 0 Å². The number of carbonyl (C=O) groups excluding carboxylic acids is 1. The summed E-state index contributed by atoms with van der Waals surface area (Å²) in [7, 11) is 1.64. The maximum absolute atomic E-state index is 12.0. The van der Waals surface area contributed by atoms with Crippen molar-refractivity contribution in [2.75, 3.05) is 13.7 Å². The second kappa shape index (κ2) is 4.85. The van der Waals surface area contributed by atoms with E-state index in [4.69, 9.17) is 9.47 Å². The number of aromatic nitrogens is 1. The van der Waals surface area contributed by atoms with Gasteiger partial charge in [-0.05, 0) is 29.0 Å². The molecule has 2 aliphatic rings. The number of carbonyl (C=O) groups is 1. The van der Waals surface area contributed by atoms with Crippen molar-refractivity contribution in [3.8, 4) is 11.6 Å². The lowest BCUT2D eigenvalue weighted by Gasteiger charge is -2.19. The van der Waals surface area contributed by atoms with E-state index in [2.05, 4.69) is 24.1 Å². The highest BCUT2D eigenvalue weighted by molar-refractivity contribution is 5.88. The second-order valence-electron chi connectivity index (χ2n) is 6.95. The molecule has 1 aliphatic heterocycles. The van der Waals surface area contributed by atoms with Crippen LogP contribution in [0, 0.1) is 17.3 Å². The molecule has 2 aromatic rings. The molecule has 120 valence electrons. The number of fused-ring (bicyclic) bond motifs is 2. The molecule has 5 nitrogen and oxygen atoms in total. The summed E-state index contributed by atoms with van der Waals surface area (Å²) in [5.41, 5.74) is 0.0891. The summed E-state index contributed by atoms with van der Waals surface area (Å²) in [5.74, 6) is 2.00. The molecule has 1 aromatic carbocycles. The standard InChI is InChI=1S/C18H20N2O3/c1-18(2)14-13(20-16(21)15(14)18)9-23-17-12-8-11(22-3)5-4-10(12)6-7-19-17/h4-8,13-15H,9H2,1-3H3,(H,20,21)/t13-,14-,15-/m1/s1. The van der Waals surface area contributed by atoms with Crippen molar-refractivity contribution in [3.05, 3.63) is 30.5 Å². The molecule has 3 atom stereocenters. The average Bonchev–Trinajstić information content (AvgIpc) is 2.94. The van der Waals surface area contributed by atoms with Gasteiger partial charge in [0.25, 0.3) is 0 Å². The van der Waals surface area contributed by atoms with Crippen LogP contribution < -0.4 is 14.8 Å². The van der Waals surface area contributed by atoms with Crippen molar-refractivity contribution in [2.45, 2.75) is 19.9 Å². The van der Waals surface area contributed by atoms with E-state index in [1.165, 1.54) is 0 Å². The summed E-state index contributed by atoms with van der Waals surface area (Å²) in [6, 6.07) is 7.83. The normalized spacial score (nSPS) is 27.4. The van der Waals surface area contributed by atoms with Gasteiger partial charge in [-0.3, -0.25) is 4.79 Å². The molecule has 4 rings (SSSR count). The molecule has 1 saturated carbocycles. The number of hydrogen-bond acceptors (Lipinski definition) is 4. The number of pyridine rings is 1. The summed E-state index contributed by atoms with van der Waals surface area (Å²) >= 11 is 0. The van der Waals surface area contributed by atoms with Gasteiger partial charge in [0.2, 0.25) is 11.8 Å². The highest BCUT2D eigenvalue weighted by Crippen LogP contribution is 2.62. The Kier molecular flexibility index (Phi) is 3.01. The van der Waals surface area contributed by atoms with E-state index in [-0.39, 0.29) is 23.3 Å². The monoisotopic (exact) mass is 312 g/mol. The van der Waals surface area contributed by atoms with Crippen LogP contribution in [0.5, 0.6) is 11.6 Å². The van der Waals surface area contributed by atoms with Gasteiger partial charge >= 0.3 is 0 Å². The number of amides is 1. The van der Waals surface area contributed by atoms with Crippen molar-refractivity contribution in [1.29, 1.82) is 0 Å². The van der Waals surface area contributed by atoms with Gasteiger partial charge in [0.05, 0.1) is 13.2 Å². The van der Waals surface area contributed by atoms with Crippen LogP contribution in [0.15, 0.2) is 30.5 Å². The maximum atomic E-state index is 12.0. The van der Waals surface area contributed by atoms with E-state index in [0.29, 0.717) is 18.4 Å². The number of benzene rings is 1. The quantitative estimate of drug-likeness (QED) is 0.942. The Morgan fingerprint density at radius 1 is 1.30 bits per heavy atom. The highest BCUT2D eigenvalue weighted by Gasteiger charge is 2.69. The molecule has 23 heavy (non-hydrogen) atoms. The average molecular weight is 312 g/mol. The van der Waals surface area contributed by atoms with Gasteiger partial charge < -0.3 is 14.8 Å². The molecular formula is C18H20N2O3. The number of piperidine rings is 1. The third-order valence-electron chi connectivity index (χ3n) is 5.29. The Bertz CT molecular complexity index is 787. The zero-order valence-electron chi connectivity index (χ0n) is 13.5. The van der Waals surface area contributed by atoms with Crippen molar-refractivity contribution in [3.63, 3.8) is 0 Å². The Hall–Kier alpha value is -2.30. The number of hydrogen-bond donors (Lipinski definition) is 1. The van der Waals surface area contributed by atoms with Crippen LogP contribution in [0.1, 0.15) is 13.8 Å². The Labute approximate surface area is 135 Å². The first-order valence-corrected chi connectivity index (χ1v) is 7.88. The fourth-order valence-electron chi connectivity index (χ4n) is 3.97. The van der Waals surface area contributed by atoms with E-state index in [9.17, 15) is 4.79 Å². The fourth-order valence-corrected chi connectivity index (χ4v) is 3.97. The van der Waals surface area contributed by atoms with Crippen molar-refractivity contribution >= 4 is 16.7 Å². The lowest BCUT2D eigenvalue weighted by atomic mass is 10.0. The van der Waals surface area contributed by atoms with E-state index < -0.39 is 0 Å². The minimum Gasteiger partial charge on any atom is -0.497 e. The van der Waals surface area contributed by atoms with Gasteiger partial charge in [-0.1, -0.05) is 19.9 Å². The van der Waals surface area contributed by atoms with Crippen LogP contribution in [0.25, 0.3) is 10.8 Å². The van der Waals surface area contributed by atoms with Gasteiger partial charge in [-0.15, -0.1) is 0 Å². The second-order valence-corrected chi connectivity index (χ2v) is 6.95. The van der Waals surface area contributed by atoms with Crippen LogP contribution in [-0.4, -0.2) is 30.6 Å². The number of methoxy groups -OCH3 is 1. The lowest BCUT2D eigenvalue weighted by molar-refractivity contribution is -0.122. The van der Waals surface area contributed by atoms with Crippen LogP contribution in [0.4, 0.5) is 0 Å². The zero-order chi connectivity index (χ0) is 16.2. The number of rotatable bonds is 4. The molecule has 2 fully saturated rings. The lowest BCUT2D eigenvalue weighted by Crippen LogP contribution is -2.38. The topological polar surface area (TPSA) is 60.5 Å². The van der Waals surface area contributed by atoms with Gasteiger partial charge in [0.15, 0.2) is 0 Å². The Morgan fingerprint density at radius 2 is 2.13 bits per heavy atom. The van der Waals surface area contributed by atoms with Crippen molar-refractivity contribution < 1.29 is 14.3 Å². The van der Waals surface area contributed by atoms with Gasteiger partial charge in [-0.2, -0.15) is 0 Å². The van der Waals surface area contributed by atoms with Crippen LogP contribution in [0.3, 0.4) is 0 Å². The molecule has 1 amide bonds. The number of nitrogens with zero attached hydrogens (tertiary/aromatic N) is 1. The minimum atomic E-state index is 0.0603. The summed E-state index contributed by atoms with van der Waals surface area (Å²) < 4.78 is 11.2. The molecule has 1 saturated heterocycles. The molecule has 1 aromatic heterocycles. The largest absolute Gasteiger partial charge is 0.497 e. The predicted molar refractivity (Wildman–Crippen MR) is 86.5 cm³/mol. The molecule has 2 heterocycles. The van der Waals surface area contributed by atoms with E-state index in [1.54, 1.807) is 13.3 Å². The molecule has 0 unspecified atom stereocenters. The summed E-state index contributed by atoms with van der Waals surface area (Å²) in [5, 5.41) is 5.00. The van der Waals surface area contributed by atoms with E-state index >= 15 is 0 Å². The SMILES string of the molecule is COc1ccc2ccnc(OC[C@H]3NC(=O)[C@H]4[C@@H]3C4(C)C)c2c1. The number of nitrogens with one attached hydrogen (secondary N) is 1. The molecule has 0 bridgehead atoms.